The second-order valence-corrected chi connectivity index (χ2v) is 10.2. The van der Waals surface area contributed by atoms with Gasteiger partial charge in [-0.1, -0.05) is 43.1 Å². The van der Waals surface area contributed by atoms with Crippen molar-refractivity contribution >= 4 is 39.0 Å². The second-order valence-electron chi connectivity index (χ2n) is 7.17. The third-order valence-electron chi connectivity index (χ3n) is 3.98. The zero-order valence-corrected chi connectivity index (χ0v) is 18.4. The van der Waals surface area contributed by atoms with Crippen molar-refractivity contribution < 1.29 is 8.42 Å². The minimum absolute atomic E-state index is 0.00406. The third-order valence-corrected chi connectivity index (χ3v) is 5.70. The van der Waals surface area contributed by atoms with E-state index in [4.69, 9.17) is 23.2 Å². The van der Waals surface area contributed by atoms with Gasteiger partial charge < -0.3 is 10.6 Å². The van der Waals surface area contributed by atoms with Crippen LogP contribution >= 0.6 is 23.2 Å². The first-order chi connectivity index (χ1) is 11.9. The number of guanidine groups is 1. The van der Waals surface area contributed by atoms with Crippen LogP contribution in [0.25, 0.3) is 0 Å². The zero-order valence-electron chi connectivity index (χ0n) is 16.1. The molecule has 0 bridgehead atoms. The SMILES string of the molecule is CCNC(=NCC(C)(C)c1ccc(Cl)c(Cl)c1)NC(C)CCS(C)(=O)=O. The van der Waals surface area contributed by atoms with Crippen LogP contribution in [0.5, 0.6) is 0 Å². The van der Waals surface area contributed by atoms with Crippen molar-refractivity contribution in [1.82, 2.24) is 10.6 Å². The number of hydrogen-bond acceptors (Lipinski definition) is 3. The maximum Gasteiger partial charge on any atom is 0.191 e. The molecule has 1 aromatic rings. The molecule has 1 aromatic carbocycles. The van der Waals surface area contributed by atoms with Crippen molar-refractivity contribution in [3.8, 4) is 0 Å². The predicted molar refractivity (Wildman–Crippen MR) is 112 cm³/mol. The molecule has 0 fully saturated rings. The van der Waals surface area contributed by atoms with Crippen molar-refractivity contribution in [1.29, 1.82) is 0 Å². The third kappa shape index (κ3) is 8.14. The molecule has 148 valence electrons. The topological polar surface area (TPSA) is 70.6 Å². The number of aliphatic imine (C=N–C) groups is 1. The number of nitrogens with zero attached hydrogens (tertiary/aromatic N) is 1. The highest BCUT2D eigenvalue weighted by molar-refractivity contribution is 7.90. The van der Waals surface area contributed by atoms with E-state index in [9.17, 15) is 8.42 Å². The van der Waals surface area contributed by atoms with Crippen molar-refractivity contribution in [3.63, 3.8) is 0 Å². The number of hydrogen-bond donors (Lipinski definition) is 2. The summed E-state index contributed by atoms with van der Waals surface area (Å²) in [5.74, 6) is 0.816. The molecule has 1 atom stereocenters. The summed E-state index contributed by atoms with van der Waals surface area (Å²) in [6, 6.07) is 5.62. The molecule has 2 N–H and O–H groups in total. The Morgan fingerprint density at radius 3 is 2.46 bits per heavy atom. The predicted octanol–water partition coefficient (Wildman–Crippen LogP) is 3.65. The summed E-state index contributed by atoms with van der Waals surface area (Å²) in [6.07, 6.45) is 1.78. The highest BCUT2D eigenvalue weighted by atomic mass is 35.5. The summed E-state index contributed by atoms with van der Waals surface area (Å²) in [7, 11) is -2.97. The molecule has 0 aromatic heterocycles. The van der Waals surface area contributed by atoms with E-state index in [2.05, 4.69) is 29.5 Å². The molecule has 1 unspecified atom stereocenters. The monoisotopic (exact) mass is 421 g/mol. The molecular weight excluding hydrogens is 393 g/mol. The van der Waals surface area contributed by atoms with Crippen LogP contribution in [0.4, 0.5) is 0 Å². The first-order valence-electron chi connectivity index (χ1n) is 8.62. The zero-order chi connectivity index (χ0) is 20.0. The summed E-state index contributed by atoms with van der Waals surface area (Å²) >= 11 is 12.1. The Balaban J connectivity index is 2.81. The molecule has 0 aliphatic heterocycles. The molecule has 0 aliphatic carbocycles. The van der Waals surface area contributed by atoms with Crippen LogP contribution in [0.15, 0.2) is 23.2 Å². The lowest BCUT2D eigenvalue weighted by Gasteiger charge is -2.25. The molecule has 0 radical (unpaired) electrons. The molecule has 0 amide bonds. The van der Waals surface area contributed by atoms with E-state index in [-0.39, 0.29) is 17.2 Å². The average molecular weight is 422 g/mol. The van der Waals surface area contributed by atoms with Gasteiger partial charge in [0.05, 0.1) is 22.3 Å². The van der Waals surface area contributed by atoms with E-state index < -0.39 is 9.84 Å². The number of halogens is 2. The van der Waals surface area contributed by atoms with E-state index in [1.165, 1.54) is 6.26 Å². The van der Waals surface area contributed by atoms with Gasteiger partial charge in [0.25, 0.3) is 0 Å². The fourth-order valence-corrected chi connectivity index (χ4v) is 3.38. The van der Waals surface area contributed by atoms with Crippen LogP contribution < -0.4 is 10.6 Å². The molecule has 0 spiro atoms. The highest BCUT2D eigenvalue weighted by Crippen LogP contribution is 2.30. The van der Waals surface area contributed by atoms with Gasteiger partial charge in [-0.25, -0.2) is 8.42 Å². The van der Waals surface area contributed by atoms with Gasteiger partial charge in [-0.05, 0) is 38.0 Å². The van der Waals surface area contributed by atoms with Gasteiger partial charge in [0.2, 0.25) is 0 Å². The van der Waals surface area contributed by atoms with E-state index >= 15 is 0 Å². The second kappa shape index (κ2) is 9.81. The average Bonchev–Trinajstić information content (AvgIpc) is 2.53. The van der Waals surface area contributed by atoms with E-state index in [0.717, 1.165) is 12.1 Å². The fourth-order valence-electron chi connectivity index (χ4n) is 2.30. The molecule has 1 rings (SSSR count). The standard InChI is InChI=1S/C18H29Cl2N3O2S/c1-6-21-17(23-13(2)9-10-26(5,24)25)22-12-18(3,4)14-7-8-15(19)16(20)11-14/h7-8,11,13H,6,9-10,12H2,1-5H3,(H2,21,22,23). The fraction of sp³-hybridized carbons (Fsp3) is 0.611. The van der Waals surface area contributed by atoms with Crippen LogP contribution in [0, 0.1) is 0 Å². The van der Waals surface area contributed by atoms with Crippen molar-refractivity contribution in [2.75, 3.05) is 25.1 Å². The molecule has 0 saturated heterocycles. The summed E-state index contributed by atoms with van der Waals surface area (Å²) in [4.78, 5) is 4.67. The van der Waals surface area contributed by atoms with Gasteiger partial charge in [-0.15, -0.1) is 0 Å². The smallest absolute Gasteiger partial charge is 0.191 e. The molecule has 0 saturated carbocycles. The van der Waals surface area contributed by atoms with Gasteiger partial charge in [0, 0.05) is 24.3 Å². The van der Waals surface area contributed by atoms with Gasteiger partial charge in [0.15, 0.2) is 5.96 Å². The lowest BCUT2D eigenvalue weighted by Crippen LogP contribution is -2.43. The summed E-state index contributed by atoms with van der Waals surface area (Å²) < 4.78 is 22.6. The van der Waals surface area contributed by atoms with Crippen LogP contribution in [0.2, 0.25) is 10.0 Å². The maximum absolute atomic E-state index is 11.3. The quantitative estimate of drug-likeness (QED) is 0.496. The molecule has 8 heteroatoms. The summed E-state index contributed by atoms with van der Waals surface area (Å²) in [6.45, 7) is 9.38. The van der Waals surface area contributed by atoms with Crippen LogP contribution in [-0.2, 0) is 15.3 Å². The lowest BCUT2D eigenvalue weighted by molar-refractivity contribution is 0.533. The molecule has 26 heavy (non-hydrogen) atoms. The van der Waals surface area contributed by atoms with Gasteiger partial charge in [-0.3, -0.25) is 4.99 Å². The number of rotatable bonds is 8. The molecule has 0 heterocycles. The summed E-state index contributed by atoms with van der Waals surface area (Å²) in [5.41, 5.74) is 0.823. The van der Waals surface area contributed by atoms with E-state index in [1.54, 1.807) is 6.07 Å². The van der Waals surface area contributed by atoms with E-state index in [1.807, 2.05) is 26.0 Å². The Kier molecular flexibility index (Phi) is 8.70. The minimum atomic E-state index is -2.97. The van der Waals surface area contributed by atoms with Gasteiger partial charge in [0.1, 0.15) is 9.84 Å². The Labute approximate surface area is 167 Å². The van der Waals surface area contributed by atoms with Crippen LogP contribution in [0.3, 0.4) is 0 Å². The Bertz CT molecular complexity index is 734. The molecule has 0 aliphatic rings. The highest BCUT2D eigenvalue weighted by Gasteiger charge is 2.21. The van der Waals surface area contributed by atoms with Crippen molar-refractivity contribution in [2.24, 2.45) is 4.99 Å². The largest absolute Gasteiger partial charge is 0.357 e. The maximum atomic E-state index is 11.3. The molecule has 5 nitrogen and oxygen atoms in total. The van der Waals surface area contributed by atoms with Crippen molar-refractivity contribution in [3.05, 3.63) is 33.8 Å². The Hall–Kier alpha value is -0.980. The first kappa shape index (κ1) is 23.1. The Morgan fingerprint density at radius 2 is 1.92 bits per heavy atom. The van der Waals surface area contributed by atoms with Gasteiger partial charge >= 0.3 is 0 Å². The summed E-state index contributed by atoms with van der Waals surface area (Å²) in [5, 5.41) is 7.52. The normalized spacial score (nSPS) is 14.2. The first-order valence-corrected chi connectivity index (χ1v) is 11.4. The van der Waals surface area contributed by atoms with Crippen molar-refractivity contribution in [2.45, 2.75) is 45.6 Å². The Morgan fingerprint density at radius 1 is 1.27 bits per heavy atom. The van der Waals surface area contributed by atoms with Crippen LogP contribution in [-0.4, -0.2) is 45.5 Å². The minimum Gasteiger partial charge on any atom is -0.357 e. The lowest BCUT2D eigenvalue weighted by atomic mass is 9.85. The van der Waals surface area contributed by atoms with Gasteiger partial charge in [-0.2, -0.15) is 0 Å². The number of benzene rings is 1. The number of nitrogens with one attached hydrogen (secondary N) is 2. The van der Waals surface area contributed by atoms with E-state index in [0.29, 0.717) is 29.0 Å². The number of sulfone groups is 1. The molecular formula is C18H29Cl2N3O2S. The van der Waals surface area contributed by atoms with Crippen LogP contribution in [0.1, 0.15) is 39.7 Å².